The van der Waals surface area contributed by atoms with Crippen LogP contribution in [0.4, 0.5) is 11.4 Å². The van der Waals surface area contributed by atoms with Crippen molar-refractivity contribution < 1.29 is 28.0 Å². The summed E-state index contributed by atoms with van der Waals surface area (Å²) in [5, 5.41) is 28.7. The van der Waals surface area contributed by atoms with Gasteiger partial charge in [0.05, 0.1) is 22.0 Å². The maximum Gasteiger partial charge on any atom is 0.337 e. The van der Waals surface area contributed by atoms with E-state index in [4.69, 9.17) is 0 Å². The SMILES string of the molecule is O=C(O)c1ccccc1/N=N/c1c(S(=O)(=O)O)cc2ccc3nc(-c4ccccc4)[nH]c3c2c1O. The third-order valence-electron chi connectivity index (χ3n) is 5.39. The number of hydrogen-bond donors (Lipinski definition) is 4. The zero-order chi connectivity index (χ0) is 24.7. The highest BCUT2D eigenvalue weighted by Gasteiger charge is 2.24. The number of rotatable bonds is 5. The number of phenols is 1. The van der Waals surface area contributed by atoms with Crippen molar-refractivity contribution in [1.29, 1.82) is 0 Å². The standard InChI is InChI=1S/C24H16N4O6S/c29-22-19-14(10-11-17-20(19)26-23(25-17)13-6-2-1-3-7-13)12-18(35(32,33)34)21(22)28-27-16-9-5-4-8-15(16)24(30)31/h1-12,29H,(H,25,26)(H,30,31)(H,32,33,34)/b28-27+. The number of imidazole rings is 1. The minimum Gasteiger partial charge on any atom is -0.505 e. The number of carboxylic acid groups (broad SMARTS) is 1. The fourth-order valence-electron chi connectivity index (χ4n) is 3.79. The lowest BCUT2D eigenvalue weighted by Crippen LogP contribution is -1.99. The predicted octanol–water partition coefficient (Wildman–Crippen LogP) is 5.45. The fourth-order valence-corrected chi connectivity index (χ4v) is 4.44. The summed E-state index contributed by atoms with van der Waals surface area (Å²) in [6.07, 6.45) is 0. The second kappa shape index (κ2) is 8.31. The number of phenolic OH excluding ortho intramolecular Hbond substituents is 1. The molecule has 174 valence electrons. The molecule has 1 aromatic heterocycles. The number of aromatic carboxylic acids is 1. The summed E-state index contributed by atoms with van der Waals surface area (Å²) in [6, 6.07) is 19.4. The van der Waals surface area contributed by atoms with E-state index in [-0.39, 0.29) is 16.6 Å². The number of aromatic nitrogens is 2. The number of H-pyrrole nitrogens is 1. The molecule has 4 aromatic carbocycles. The second-order valence-corrected chi connectivity index (χ2v) is 8.97. The predicted molar refractivity (Wildman–Crippen MR) is 128 cm³/mol. The zero-order valence-corrected chi connectivity index (χ0v) is 18.6. The van der Waals surface area contributed by atoms with Gasteiger partial charge in [0.25, 0.3) is 10.1 Å². The van der Waals surface area contributed by atoms with Crippen LogP contribution in [0.3, 0.4) is 0 Å². The van der Waals surface area contributed by atoms with Gasteiger partial charge in [-0.1, -0.05) is 48.5 Å². The Hall–Kier alpha value is -4.61. The Kier molecular flexibility index (Phi) is 5.27. The number of hydrogen-bond acceptors (Lipinski definition) is 7. The first-order valence-corrected chi connectivity index (χ1v) is 11.6. The van der Waals surface area contributed by atoms with Crippen LogP contribution in [0.5, 0.6) is 5.75 Å². The van der Waals surface area contributed by atoms with Crippen LogP contribution in [0.15, 0.2) is 87.9 Å². The monoisotopic (exact) mass is 488 g/mol. The molecule has 0 aliphatic heterocycles. The molecule has 5 aromatic rings. The van der Waals surface area contributed by atoms with Crippen molar-refractivity contribution in [2.75, 3.05) is 0 Å². The molecule has 10 nitrogen and oxygen atoms in total. The third kappa shape index (κ3) is 3.98. The molecule has 0 radical (unpaired) electrons. The highest BCUT2D eigenvalue weighted by molar-refractivity contribution is 7.86. The summed E-state index contributed by atoms with van der Waals surface area (Å²) in [7, 11) is -4.83. The molecule has 0 bridgehead atoms. The Labute approximate surface area is 198 Å². The molecule has 0 saturated carbocycles. The Morgan fingerprint density at radius 3 is 2.37 bits per heavy atom. The highest BCUT2D eigenvalue weighted by atomic mass is 32.2. The van der Waals surface area contributed by atoms with E-state index in [1.54, 1.807) is 12.1 Å². The molecule has 0 fully saturated rings. The van der Waals surface area contributed by atoms with Crippen molar-refractivity contribution in [3.63, 3.8) is 0 Å². The van der Waals surface area contributed by atoms with E-state index in [0.717, 1.165) is 11.6 Å². The molecule has 1 heterocycles. The van der Waals surface area contributed by atoms with Gasteiger partial charge in [0.1, 0.15) is 22.1 Å². The topological polar surface area (TPSA) is 165 Å². The van der Waals surface area contributed by atoms with Crippen LogP contribution in [-0.4, -0.2) is 39.1 Å². The molecular weight excluding hydrogens is 472 g/mol. The Morgan fingerprint density at radius 2 is 1.66 bits per heavy atom. The molecule has 0 aliphatic rings. The number of nitrogens with zero attached hydrogens (tertiary/aromatic N) is 3. The van der Waals surface area contributed by atoms with Crippen LogP contribution in [0, 0.1) is 0 Å². The van der Waals surface area contributed by atoms with Crippen LogP contribution in [-0.2, 0) is 10.1 Å². The number of carbonyl (C=O) groups is 1. The van der Waals surface area contributed by atoms with E-state index in [1.165, 1.54) is 24.3 Å². The van der Waals surface area contributed by atoms with Crippen molar-refractivity contribution >= 4 is 49.3 Å². The molecule has 0 saturated heterocycles. The number of aromatic hydroxyl groups is 1. The number of carboxylic acids is 1. The zero-order valence-electron chi connectivity index (χ0n) is 17.7. The second-order valence-electron chi connectivity index (χ2n) is 7.58. The quantitative estimate of drug-likeness (QED) is 0.189. The molecule has 35 heavy (non-hydrogen) atoms. The summed E-state index contributed by atoms with van der Waals surface area (Å²) in [6.45, 7) is 0. The minimum absolute atomic E-state index is 0.0631. The number of benzene rings is 4. The first-order valence-electron chi connectivity index (χ1n) is 10.2. The van der Waals surface area contributed by atoms with Gasteiger partial charge in [-0.3, -0.25) is 4.55 Å². The van der Waals surface area contributed by atoms with E-state index in [1.807, 2.05) is 30.3 Å². The van der Waals surface area contributed by atoms with Crippen LogP contribution >= 0.6 is 0 Å². The van der Waals surface area contributed by atoms with Gasteiger partial charge < -0.3 is 15.2 Å². The molecule has 0 spiro atoms. The third-order valence-corrected chi connectivity index (χ3v) is 6.26. The molecule has 0 amide bonds. The summed E-state index contributed by atoms with van der Waals surface area (Å²) >= 11 is 0. The molecule has 0 unspecified atom stereocenters. The van der Waals surface area contributed by atoms with Crippen molar-refractivity contribution in [1.82, 2.24) is 9.97 Å². The number of fused-ring (bicyclic) bond motifs is 3. The average molecular weight is 488 g/mol. The lowest BCUT2D eigenvalue weighted by molar-refractivity contribution is 0.0697. The lowest BCUT2D eigenvalue weighted by Gasteiger charge is -2.09. The van der Waals surface area contributed by atoms with Crippen molar-refractivity contribution in [2.45, 2.75) is 4.90 Å². The smallest absolute Gasteiger partial charge is 0.337 e. The Morgan fingerprint density at radius 1 is 0.943 bits per heavy atom. The largest absolute Gasteiger partial charge is 0.505 e. The summed E-state index contributed by atoms with van der Waals surface area (Å²) in [5.41, 5.74) is 0.952. The van der Waals surface area contributed by atoms with Gasteiger partial charge >= 0.3 is 5.97 Å². The lowest BCUT2D eigenvalue weighted by atomic mass is 10.1. The Balaban J connectivity index is 1.77. The van der Waals surface area contributed by atoms with Crippen LogP contribution < -0.4 is 0 Å². The van der Waals surface area contributed by atoms with E-state index in [2.05, 4.69) is 20.2 Å². The van der Waals surface area contributed by atoms with Gasteiger partial charge in [0.15, 0.2) is 5.75 Å². The molecular formula is C24H16N4O6S. The van der Waals surface area contributed by atoms with E-state index >= 15 is 0 Å². The van der Waals surface area contributed by atoms with Crippen LogP contribution in [0.2, 0.25) is 0 Å². The first kappa shape index (κ1) is 22.2. The summed E-state index contributed by atoms with van der Waals surface area (Å²) in [5.74, 6) is -1.30. The van der Waals surface area contributed by atoms with Crippen molar-refractivity contribution in [2.24, 2.45) is 10.2 Å². The normalized spacial score (nSPS) is 12.0. The fraction of sp³-hybridized carbons (Fsp3) is 0. The molecule has 11 heteroatoms. The van der Waals surface area contributed by atoms with E-state index < -0.39 is 32.4 Å². The van der Waals surface area contributed by atoms with Gasteiger partial charge in [0, 0.05) is 5.56 Å². The average Bonchev–Trinajstić information content (AvgIpc) is 3.27. The van der Waals surface area contributed by atoms with E-state index in [9.17, 15) is 28.0 Å². The molecule has 0 atom stereocenters. The number of azo groups is 1. The van der Waals surface area contributed by atoms with Crippen molar-refractivity contribution in [3.05, 3.63) is 78.4 Å². The van der Waals surface area contributed by atoms with Gasteiger partial charge in [-0.25, -0.2) is 9.78 Å². The van der Waals surface area contributed by atoms with Gasteiger partial charge in [-0.05, 0) is 29.7 Å². The number of nitrogens with one attached hydrogen (secondary N) is 1. The molecule has 5 rings (SSSR count). The highest BCUT2D eigenvalue weighted by Crippen LogP contribution is 2.44. The summed E-state index contributed by atoms with van der Waals surface area (Å²) in [4.78, 5) is 18.5. The van der Waals surface area contributed by atoms with Crippen LogP contribution in [0.25, 0.3) is 33.2 Å². The molecule has 4 N–H and O–H groups in total. The molecule has 0 aliphatic carbocycles. The maximum absolute atomic E-state index is 12.1. The van der Waals surface area contributed by atoms with Gasteiger partial charge in [-0.15, -0.1) is 10.2 Å². The first-order chi connectivity index (χ1) is 16.7. The maximum atomic E-state index is 12.1. The van der Waals surface area contributed by atoms with Gasteiger partial charge in [0.2, 0.25) is 0 Å². The van der Waals surface area contributed by atoms with E-state index in [0.29, 0.717) is 22.2 Å². The van der Waals surface area contributed by atoms with Crippen molar-refractivity contribution in [3.8, 4) is 17.1 Å². The summed E-state index contributed by atoms with van der Waals surface area (Å²) < 4.78 is 34.0. The van der Waals surface area contributed by atoms with Gasteiger partial charge in [-0.2, -0.15) is 8.42 Å². The Bertz CT molecular complexity index is 1760. The number of aromatic amines is 1. The minimum atomic E-state index is -4.83. The van der Waals surface area contributed by atoms with Crippen LogP contribution in [0.1, 0.15) is 10.4 Å².